The molecule has 1 atom stereocenters. The van der Waals surface area contributed by atoms with Gasteiger partial charge >= 0.3 is 0 Å². The van der Waals surface area contributed by atoms with E-state index in [-0.39, 0.29) is 41.4 Å². The van der Waals surface area contributed by atoms with Crippen LogP contribution in [0.5, 0.6) is 0 Å². The van der Waals surface area contributed by atoms with Gasteiger partial charge in [0.1, 0.15) is 11.6 Å². The lowest BCUT2D eigenvalue weighted by Crippen LogP contribution is -2.45. The van der Waals surface area contributed by atoms with Gasteiger partial charge in [0.25, 0.3) is 0 Å². The molecule has 0 unspecified atom stereocenters. The molecule has 1 N–H and O–H groups in total. The molecule has 0 radical (unpaired) electrons. The maximum Gasteiger partial charge on any atom is 0.132 e. The third-order valence-electron chi connectivity index (χ3n) is 3.36. The largest absolute Gasteiger partial charge is 0.314 e. The van der Waals surface area contributed by atoms with E-state index in [1.165, 1.54) is 0 Å². The minimum absolute atomic E-state index is 0. The molecule has 1 heterocycles. The van der Waals surface area contributed by atoms with Crippen molar-refractivity contribution in [1.29, 1.82) is 0 Å². The first kappa shape index (κ1) is 20.6. The van der Waals surface area contributed by atoms with Crippen LogP contribution in [0.15, 0.2) is 24.8 Å². The average Bonchev–Trinajstić information content (AvgIpc) is 2.37. The molecule has 1 aromatic carbocycles. The zero-order chi connectivity index (χ0) is 13.8. The maximum absolute atomic E-state index is 14.0. The van der Waals surface area contributed by atoms with Gasteiger partial charge in [-0.25, -0.2) is 8.78 Å². The summed E-state index contributed by atoms with van der Waals surface area (Å²) in [4.78, 5) is 2.08. The number of rotatable bonds is 4. The van der Waals surface area contributed by atoms with Crippen molar-refractivity contribution in [2.75, 3.05) is 26.2 Å². The molecular formula is C14H19Cl3F2N2. The highest BCUT2D eigenvalue weighted by atomic mass is 35.5. The van der Waals surface area contributed by atoms with Gasteiger partial charge in [-0.2, -0.15) is 0 Å². The van der Waals surface area contributed by atoms with E-state index in [2.05, 4.69) is 16.8 Å². The fourth-order valence-electron chi connectivity index (χ4n) is 2.47. The smallest absolute Gasteiger partial charge is 0.132 e. The normalized spacial score (nSPS) is 16.5. The Morgan fingerprint density at radius 2 is 1.76 bits per heavy atom. The summed E-state index contributed by atoms with van der Waals surface area (Å²) in [5, 5.41) is 3.31. The zero-order valence-corrected chi connectivity index (χ0v) is 13.8. The first-order valence-electron chi connectivity index (χ1n) is 6.33. The van der Waals surface area contributed by atoms with Crippen molar-refractivity contribution in [3.05, 3.63) is 47.0 Å². The summed E-state index contributed by atoms with van der Waals surface area (Å²) in [5.41, 5.74) is 0.0891. The van der Waals surface area contributed by atoms with Crippen LogP contribution >= 0.6 is 36.4 Å². The third kappa shape index (κ3) is 5.08. The van der Waals surface area contributed by atoms with Gasteiger partial charge in [0.15, 0.2) is 0 Å². The highest BCUT2D eigenvalue weighted by Gasteiger charge is 2.26. The molecule has 21 heavy (non-hydrogen) atoms. The van der Waals surface area contributed by atoms with Crippen LogP contribution in [0.2, 0.25) is 5.02 Å². The number of hydrogen-bond acceptors (Lipinski definition) is 2. The Morgan fingerprint density at radius 1 is 1.24 bits per heavy atom. The second kappa shape index (κ2) is 9.59. The van der Waals surface area contributed by atoms with E-state index in [9.17, 15) is 8.78 Å². The van der Waals surface area contributed by atoms with Crippen molar-refractivity contribution >= 4 is 36.4 Å². The standard InChI is InChI=1S/C14H17ClF2N2.2ClH/c1-2-3-13(19-6-4-18-5-7-19)14-11(16)8-10(15)9-12(14)17;;/h2,8-9,13,18H,1,3-7H2;2*1H/t13-;;/m0../s1. The van der Waals surface area contributed by atoms with Crippen molar-refractivity contribution in [2.24, 2.45) is 0 Å². The summed E-state index contributed by atoms with van der Waals surface area (Å²) in [6, 6.07) is 2.01. The molecule has 0 aliphatic carbocycles. The van der Waals surface area contributed by atoms with Gasteiger partial charge in [-0.3, -0.25) is 4.90 Å². The molecule has 120 valence electrons. The Hall–Kier alpha value is -0.390. The molecular weight excluding hydrogens is 341 g/mol. The van der Waals surface area contributed by atoms with Crippen molar-refractivity contribution in [3.63, 3.8) is 0 Å². The Morgan fingerprint density at radius 3 is 2.24 bits per heavy atom. The molecule has 2 rings (SSSR count). The monoisotopic (exact) mass is 358 g/mol. The Balaban J connectivity index is 0.00000200. The Labute approximate surface area is 141 Å². The van der Waals surface area contributed by atoms with E-state index in [1.54, 1.807) is 6.08 Å². The van der Waals surface area contributed by atoms with Gasteiger partial charge < -0.3 is 5.32 Å². The van der Waals surface area contributed by atoms with E-state index in [0.29, 0.717) is 6.42 Å². The summed E-state index contributed by atoms with van der Waals surface area (Å²) in [5.74, 6) is -1.18. The van der Waals surface area contributed by atoms with E-state index in [1.807, 2.05) is 0 Å². The van der Waals surface area contributed by atoms with Gasteiger partial charge in [0.05, 0.1) is 0 Å². The van der Waals surface area contributed by atoms with Crippen LogP contribution in [0.25, 0.3) is 0 Å². The molecule has 1 fully saturated rings. The molecule has 0 bridgehead atoms. The molecule has 0 amide bonds. The number of benzene rings is 1. The molecule has 1 aliphatic rings. The van der Waals surface area contributed by atoms with Crippen LogP contribution < -0.4 is 5.32 Å². The van der Waals surface area contributed by atoms with Crippen LogP contribution in [0.3, 0.4) is 0 Å². The van der Waals surface area contributed by atoms with Gasteiger partial charge in [-0.05, 0) is 18.6 Å². The van der Waals surface area contributed by atoms with E-state index >= 15 is 0 Å². The predicted molar refractivity (Wildman–Crippen MR) is 87.9 cm³/mol. The van der Waals surface area contributed by atoms with Crippen LogP contribution in [0.4, 0.5) is 8.78 Å². The summed E-state index contributed by atoms with van der Waals surface area (Å²) in [6.45, 7) is 6.86. The average molecular weight is 360 g/mol. The first-order valence-corrected chi connectivity index (χ1v) is 6.71. The van der Waals surface area contributed by atoms with E-state index < -0.39 is 11.6 Å². The van der Waals surface area contributed by atoms with Gasteiger partial charge in [0.2, 0.25) is 0 Å². The highest BCUT2D eigenvalue weighted by Crippen LogP contribution is 2.31. The van der Waals surface area contributed by atoms with Gasteiger partial charge in [-0.1, -0.05) is 17.7 Å². The molecule has 0 spiro atoms. The van der Waals surface area contributed by atoms with Crippen LogP contribution in [-0.4, -0.2) is 31.1 Å². The minimum Gasteiger partial charge on any atom is -0.314 e. The SMILES string of the molecule is C=CC[C@@H](c1c(F)cc(Cl)cc1F)N1CCNCC1.Cl.Cl. The lowest BCUT2D eigenvalue weighted by molar-refractivity contribution is 0.168. The van der Waals surface area contributed by atoms with Gasteiger partial charge in [-0.15, -0.1) is 31.4 Å². The topological polar surface area (TPSA) is 15.3 Å². The predicted octanol–water partition coefficient (Wildman–Crippen LogP) is 3.98. The van der Waals surface area contributed by atoms with E-state index in [0.717, 1.165) is 38.3 Å². The molecule has 1 aliphatic heterocycles. The Kier molecular flexibility index (Phi) is 9.41. The van der Waals surface area contributed by atoms with Crippen molar-refractivity contribution in [3.8, 4) is 0 Å². The number of nitrogens with one attached hydrogen (secondary N) is 1. The van der Waals surface area contributed by atoms with Crippen molar-refractivity contribution < 1.29 is 8.78 Å². The highest BCUT2D eigenvalue weighted by molar-refractivity contribution is 6.30. The Bertz CT molecular complexity index is 443. The lowest BCUT2D eigenvalue weighted by Gasteiger charge is -2.35. The van der Waals surface area contributed by atoms with Crippen molar-refractivity contribution in [1.82, 2.24) is 10.2 Å². The van der Waals surface area contributed by atoms with E-state index in [4.69, 9.17) is 11.6 Å². The minimum atomic E-state index is -0.588. The summed E-state index contributed by atoms with van der Waals surface area (Å²) in [7, 11) is 0. The summed E-state index contributed by atoms with van der Waals surface area (Å²) in [6.07, 6.45) is 2.20. The molecule has 2 nitrogen and oxygen atoms in total. The number of halogens is 5. The zero-order valence-electron chi connectivity index (χ0n) is 11.4. The summed E-state index contributed by atoms with van der Waals surface area (Å²) < 4.78 is 28.1. The van der Waals surface area contributed by atoms with Crippen LogP contribution in [0, 0.1) is 11.6 Å². The molecule has 1 aromatic rings. The van der Waals surface area contributed by atoms with Crippen LogP contribution in [0.1, 0.15) is 18.0 Å². The molecule has 0 aromatic heterocycles. The van der Waals surface area contributed by atoms with Crippen molar-refractivity contribution in [2.45, 2.75) is 12.5 Å². The number of nitrogens with zero attached hydrogens (tertiary/aromatic N) is 1. The number of piperazine rings is 1. The molecule has 0 saturated carbocycles. The summed E-state index contributed by atoms with van der Waals surface area (Å²) >= 11 is 5.67. The second-order valence-electron chi connectivity index (χ2n) is 4.61. The maximum atomic E-state index is 14.0. The van der Waals surface area contributed by atoms with Crippen LogP contribution in [-0.2, 0) is 0 Å². The fraction of sp³-hybridized carbons (Fsp3) is 0.429. The molecule has 7 heteroatoms. The fourth-order valence-corrected chi connectivity index (χ4v) is 2.66. The first-order chi connectivity index (χ1) is 9.13. The van der Waals surface area contributed by atoms with Gasteiger partial charge in [0, 0.05) is 42.8 Å². The quantitative estimate of drug-likeness (QED) is 0.818. The second-order valence-corrected chi connectivity index (χ2v) is 5.05. The lowest BCUT2D eigenvalue weighted by atomic mass is 10.00. The third-order valence-corrected chi connectivity index (χ3v) is 3.58. The number of hydrogen-bond donors (Lipinski definition) is 1. The molecule has 1 saturated heterocycles.